The van der Waals surface area contributed by atoms with Crippen molar-refractivity contribution in [2.75, 3.05) is 17.3 Å². The Morgan fingerprint density at radius 2 is 1.81 bits per heavy atom. The predicted molar refractivity (Wildman–Crippen MR) is 80.8 cm³/mol. The lowest BCUT2D eigenvalue weighted by atomic mass is 10.0. The number of alkyl halides is 1. The fraction of sp³-hybridized carbons (Fsp3) is 0.125. The van der Waals surface area contributed by atoms with Crippen molar-refractivity contribution in [1.29, 1.82) is 0 Å². The van der Waals surface area contributed by atoms with Crippen LogP contribution in [0.5, 0.6) is 0 Å². The summed E-state index contributed by atoms with van der Waals surface area (Å²) in [4.78, 5) is 22.3. The molecule has 5 heteroatoms. The van der Waals surface area contributed by atoms with Crippen molar-refractivity contribution in [3.8, 4) is 11.1 Å². The highest BCUT2D eigenvalue weighted by atomic mass is 19.1. The third kappa shape index (κ3) is 3.89. The van der Waals surface area contributed by atoms with Gasteiger partial charge in [-0.05, 0) is 23.8 Å². The Morgan fingerprint density at radius 1 is 1.05 bits per heavy atom. The number of anilines is 2. The first-order chi connectivity index (χ1) is 10.1. The number of amides is 2. The van der Waals surface area contributed by atoms with Gasteiger partial charge in [0.05, 0.1) is 0 Å². The molecule has 0 heterocycles. The van der Waals surface area contributed by atoms with Gasteiger partial charge in [0.1, 0.15) is 0 Å². The molecule has 0 aliphatic heterocycles. The number of benzene rings is 2. The van der Waals surface area contributed by atoms with E-state index >= 15 is 0 Å². The monoisotopic (exact) mass is 286 g/mol. The van der Waals surface area contributed by atoms with E-state index in [-0.39, 0.29) is 5.91 Å². The molecule has 0 saturated heterocycles. The van der Waals surface area contributed by atoms with Gasteiger partial charge in [0.2, 0.25) is 5.91 Å². The molecule has 0 unspecified atom stereocenters. The van der Waals surface area contributed by atoms with Gasteiger partial charge in [-0.1, -0.05) is 30.3 Å². The van der Waals surface area contributed by atoms with E-state index in [4.69, 9.17) is 0 Å². The zero-order valence-electron chi connectivity index (χ0n) is 11.5. The molecule has 0 aromatic heterocycles. The second-order valence-electron chi connectivity index (χ2n) is 4.49. The molecule has 0 saturated carbocycles. The van der Waals surface area contributed by atoms with Crippen LogP contribution in [-0.2, 0) is 9.59 Å². The van der Waals surface area contributed by atoms with E-state index in [2.05, 4.69) is 10.6 Å². The van der Waals surface area contributed by atoms with E-state index in [0.29, 0.717) is 11.4 Å². The zero-order valence-corrected chi connectivity index (χ0v) is 11.5. The van der Waals surface area contributed by atoms with Crippen LogP contribution in [0.3, 0.4) is 0 Å². The Balaban J connectivity index is 2.37. The molecule has 0 aliphatic carbocycles. The van der Waals surface area contributed by atoms with Crippen molar-refractivity contribution < 1.29 is 14.0 Å². The highest BCUT2D eigenvalue weighted by Crippen LogP contribution is 2.29. The fourth-order valence-electron chi connectivity index (χ4n) is 2.00. The van der Waals surface area contributed by atoms with Crippen LogP contribution in [-0.4, -0.2) is 18.5 Å². The van der Waals surface area contributed by atoms with Gasteiger partial charge in [-0.2, -0.15) is 0 Å². The summed E-state index contributed by atoms with van der Waals surface area (Å²) in [6, 6.07) is 14.3. The normalized spacial score (nSPS) is 10.0. The van der Waals surface area contributed by atoms with Gasteiger partial charge >= 0.3 is 0 Å². The van der Waals surface area contributed by atoms with Crippen molar-refractivity contribution in [1.82, 2.24) is 0 Å². The molecular weight excluding hydrogens is 271 g/mol. The number of carbonyl (C=O) groups is 2. The molecule has 2 N–H and O–H groups in total. The van der Waals surface area contributed by atoms with E-state index in [9.17, 15) is 14.0 Å². The first-order valence-electron chi connectivity index (χ1n) is 6.43. The summed E-state index contributed by atoms with van der Waals surface area (Å²) >= 11 is 0. The van der Waals surface area contributed by atoms with Gasteiger partial charge in [-0.25, -0.2) is 4.39 Å². The Labute approximate surface area is 122 Å². The summed E-state index contributed by atoms with van der Waals surface area (Å²) in [5.74, 6) is -0.855. The van der Waals surface area contributed by atoms with E-state index in [0.717, 1.165) is 11.1 Å². The number of rotatable bonds is 4. The highest BCUT2D eigenvalue weighted by Gasteiger charge is 2.08. The third-order valence-electron chi connectivity index (χ3n) is 2.82. The summed E-state index contributed by atoms with van der Waals surface area (Å²) < 4.78 is 12.4. The quantitative estimate of drug-likeness (QED) is 0.906. The minimum absolute atomic E-state index is 0.161. The van der Waals surface area contributed by atoms with Gasteiger partial charge in [-0.3, -0.25) is 9.59 Å². The summed E-state index contributed by atoms with van der Waals surface area (Å²) in [6.07, 6.45) is 0. The molecule has 0 atom stereocenters. The van der Waals surface area contributed by atoms with Gasteiger partial charge in [-0.15, -0.1) is 0 Å². The molecule has 21 heavy (non-hydrogen) atoms. The minimum Gasteiger partial charge on any atom is -0.326 e. The van der Waals surface area contributed by atoms with Crippen LogP contribution in [0.2, 0.25) is 0 Å². The topological polar surface area (TPSA) is 58.2 Å². The Hall–Kier alpha value is -2.69. The molecule has 108 valence electrons. The van der Waals surface area contributed by atoms with Gasteiger partial charge < -0.3 is 10.6 Å². The summed E-state index contributed by atoms with van der Waals surface area (Å²) in [7, 11) is 0. The maximum Gasteiger partial charge on any atom is 0.255 e. The van der Waals surface area contributed by atoms with E-state index in [1.54, 1.807) is 30.3 Å². The molecule has 0 bridgehead atoms. The van der Waals surface area contributed by atoms with Crippen molar-refractivity contribution in [2.24, 2.45) is 0 Å². The maximum atomic E-state index is 12.4. The van der Waals surface area contributed by atoms with Crippen molar-refractivity contribution in [2.45, 2.75) is 6.92 Å². The number of nitrogens with one attached hydrogen (secondary N) is 2. The lowest BCUT2D eigenvalue weighted by Crippen LogP contribution is -2.13. The van der Waals surface area contributed by atoms with Crippen LogP contribution in [0, 0.1) is 0 Å². The lowest BCUT2D eigenvalue weighted by molar-refractivity contribution is -0.117. The van der Waals surface area contributed by atoms with Crippen LogP contribution in [0.4, 0.5) is 15.8 Å². The average molecular weight is 286 g/mol. The molecule has 0 radical (unpaired) electrons. The van der Waals surface area contributed by atoms with Crippen LogP contribution in [0.15, 0.2) is 48.5 Å². The first-order valence-corrected chi connectivity index (χ1v) is 6.43. The summed E-state index contributed by atoms with van der Waals surface area (Å²) in [5, 5.41) is 5.22. The molecule has 4 nitrogen and oxygen atoms in total. The van der Waals surface area contributed by atoms with Gasteiger partial charge in [0.15, 0.2) is 6.67 Å². The molecule has 2 aromatic carbocycles. The van der Waals surface area contributed by atoms with Crippen LogP contribution in [0.1, 0.15) is 6.92 Å². The van der Waals surface area contributed by atoms with Crippen molar-refractivity contribution in [3.05, 3.63) is 48.5 Å². The van der Waals surface area contributed by atoms with Gasteiger partial charge in [0.25, 0.3) is 5.91 Å². The third-order valence-corrected chi connectivity index (χ3v) is 2.82. The second kappa shape index (κ2) is 6.65. The number of para-hydroxylation sites is 1. The SMILES string of the molecule is CC(=O)Nc1cccc(-c2ccccc2NC(=O)CF)c1. The highest BCUT2D eigenvalue weighted by molar-refractivity contribution is 5.96. The molecule has 2 rings (SSSR count). The Morgan fingerprint density at radius 3 is 2.52 bits per heavy atom. The Kier molecular flexibility index (Phi) is 4.66. The molecule has 0 aliphatic rings. The summed E-state index contributed by atoms with van der Waals surface area (Å²) in [5.41, 5.74) is 2.76. The van der Waals surface area contributed by atoms with Crippen molar-refractivity contribution >= 4 is 23.2 Å². The molecule has 2 aromatic rings. The minimum atomic E-state index is -1.07. The number of halogens is 1. The second-order valence-corrected chi connectivity index (χ2v) is 4.49. The smallest absolute Gasteiger partial charge is 0.255 e. The number of hydrogen-bond donors (Lipinski definition) is 2. The number of carbonyl (C=O) groups excluding carboxylic acids is 2. The largest absolute Gasteiger partial charge is 0.326 e. The number of hydrogen-bond acceptors (Lipinski definition) is 2. The molecule has 0 spiro atoms. The first kappa shape index (κ1) is 14.7. The predicted octanol–water partition coefficient (Wildman–Crippen LogP) is 3.22. The van der Waals surface area contributed by atoms with E-state index < -0.39 is 12.6 Å². The zero-order chi connectivity index (χ0) is 15.2. The lowest BCUT2D eigenvalue weighted by Gasteiger charge is -2.11. The van der Waals surface area contributed by atoms with Crippen LogP contribution < -0.4 is 10.6 Å². The molecular formula is C16H15FN2O2. The molecule has 0 fully saturated rings. The summed E-state index contributed by atoms with van der Waals surface area (Å²) in [6.45, 7) is 0.363. The Bertz CT molecular complexity index is 671. The maximum absolute atomic E-state index is 12.4. The van der Waals surface area contributed by atoms with Crippen LogP contribution in [0.25, 0.3) is 11.1 Å². The van der Waals surface area contributed by atoms with Crippen LogP contribution >= 0.6 is 0 Å². The average Bonchev–Trinajstić information content (AvgIpc) is 2.47. The van der Waals surface area contributed by atoms with E-state index in [1.807, 2.05) is 18.2 Å². The van der Waals surface area contributed by atoms with Gasteiger partial charge in [0, 0.05) is 23.9 Å². The standard InChI is InChI=1S/C16H15FN2O2/c1-11(20)18-13-6-4-5-12(9-13)14-7-2-3-8-15(14)19-16(21)10-17/h2-9H,10H2,1H3,(H,18,20)(H,19,21). The fourth-order valence-corrected chi connectivity index (χ4v) is 2.00. The van der Waals surface area contributed by atoms with E-state index in [1.165, 1.54) is 6.92 Å². The van der Waals surface area contributed by atoms with Crippen molar-refractivity contribution in [3.63, 3.8) is 0 Å². The molecule has 2 amide bonds.